The summed E-state index contributed by atoms with van der Waals surface area (Å²) in [4.78, 5) is 11.1. The standard InChI is InChI=1S/C17H20N4S.HI/c1-12-11-13-16(21-9-7-20(2)8-10-21)18-14-5-3-4-6-15(14)19-17(13)22-12;/h3-6,11,19H,7-10H2,1-2H3;1H. The molecule has 23 heavy (non-hydrogen) atoms. The van der Waals surface area contributed by atoms with Crippen molar-refractivity contribution in [3.8, 4) is 0 Å². The van der Waals surface area contributed by atoms with Gasteiger partial charge in [-0.2, -0.15) is 0 Å². The highest BCUT2D eigenvalue weighted by atomic mass is 127. The predicted octanol–water partition coefficient (Wildman–Crippen LogP) is 4.06. The van der Waals surface area contributed by atoms with Gasteiger partial charge in [0.25, 0.3) is 0 Å². The minimum absolute atomic E-state index is 0. The van der Waals surface area contributed by atoms with Crippen LogP contribution in [0.5, 0.6) is 0 Å². The largest absolute Gasteiger partial charge is 0.353 e. The predicted molar refractivity (Wildman–Crippen MR) is 109 cm³/mol. The number of rotatable bonds is 0. The molecule has 0 amide bonds. The normalized spacial score (nSPS) is 17.3. The SMILES string of the molecule is Cc1cc2c(s1)Nc1ccccc1N=C2N1CCN(C)CC1.I. The number of hydrogen-bond acceptors (Lipinski definition) is 5. The monoisotopic (exact) mass is 440 g/mol. The molecule has 0 unspecified atom stereocenters. The highest BCUT2D eigenvalue weighted by Gasteiger charge is 2.25. The molecule has 122 valence electrons. The van der Waals surface area contributed by atoms with Crippen LogP contribution in [0.25, 0.3) is 0 Å². The molecule has 3 heterocycles. The summed E-state index contributed by atoms with van der Waals surface area (Å²) in [5, 5.41) is 4.78. The van der Waals surface area contributed by atoms with Crippen LogP contribution in [0.15, 0.2) is 35.3 Å². The summed E-state index contributed by atoms with van der Waals surface area (Å²) in [7, 11) is 2.18. The van der Waals surface area contributed by atoms with Gasteiger partial charge >= 0.3 is 0 Å². The van der Waals surface area contributed by atoms with E-state index >= 15 is 0 Å². The van der Waals surface area contributed by atoms with Crippen molar-refractivity contribution >= 4 is 57.5 Å². The summed E-state index contributed by atoms with van der Waals surface area (Å²) in [6.45, 7) is 6.41. The Morgan fingerprint density at radius 1 is 1.13 bits per heavy atom. The number of hydrogen-bond donors (Lipinski definition) is 1. The van der Waals surface area contributed by atoms with Crippen molar-refractivity contribution in [1.29, 1.82) is 0 Å². The third-order valence-corrected chi connectivity index (χ3v) is 5.24. The molecule has 0 aliphatic carbocycles. The molecule has 2 aromatic rings. The third-order valence-electron chi connectivity index (χ3n) is 4.28. The molecule has 1 saturated heterocycles. The quantitative estimate of drug-likeness (QED) is 0.627. The van der Waals surface area contributed by atoms with Crippen molar-refractivity contribution in [2.45, 2.75) is 6.92 Å². The van der Waals surface area contributed by atoms with Gasteiger partial charge in [0.1, 0.15) is 10.8 Å². The van der Waals surface area contributed by atoms with Crippen LogP contribution in [0.3, 0.4) is 0 Å². The molecule has 4 rings (SSSR count). The lowest BCUT2D eigenvalue weighted by Crippen LogP contribution is -2.47. The number of para-hydroxylation sites is 2. The Hall–Kier alpha value is -1.12. The average molecular weight is 440 g/mol. The van der Waals surface area contributed by atoms with Crippen LogP contribution < -0.4 is 5.32 Å². The number of piperazine rings is 1. The molecule has 0 saturated carbocycles. The van der Waals surface area contributed by atoms with E-state index in [9.17, 15) is 0 Å². The molecule has 2 aliphatic rings. The number of benzene rings is 1. The summed E-state index contributed by atoms with van der Waals surface area (Å²) in [6, 6.07) is 10.6. The second-order valence-electron chi connectivity index (χ2n) is 5.97. The lowest BCUT2D eigenvalue weighted by atomic mass is 10.2. The average Bonchev–Trinajstić information content (AvgIpc) is 2.80. The fourth-order valence-corrected chi connectivity index (χ4v) is 3.93. The van der Waals surface area contributed by atoms with Crippen LogP contribution in [-0.4, -0.2) is 48.9 Å². The van der Waals surface area contributed by atoms with Gasteiger partial charge in [0, 0.05) is 31.1 Å². The van der Waals surface area contributed by atoms with E-state index in [0.29, 0.717) is 0 Å². The number of amidine groups is 1. The van der Waals surface area contributed by atoms with E-state index in [0.717, 1.165) is 43.4 Å². The minimum atomic E-state index is 0. The zero-order valence-corrected chi connectivity index (χ0v) is 16.5. The van der Waals surface area contributed by atoms with Crippen LogP contribution >= 0.6 is 35.3 Å². The molecule has 1 aromatic carbocycles. The van der Waals surface area contributed by atoms with Crippen LogP contribution in [0.1, 0.15) is 10.4 Å². The second kappa shape index (κ2) is 6.78. The first kappa shape index (κ1) is 16.7. The number of nitrogens with zero attached hydrogens (tertiary/aromatic N) is 3. The molecular weight excluding hydrogens is 419 g/mol. The number of aryl methyl sites for hydroxylation is 1. The number of likely N-dealkylation sites (N-methyl/N-ethyl adjacent to an activating group) is 1. The highest BCUT2D eigenvalue weighted by Crippen LogP contribution is 2.39. The Bertz CT molecular complexity index is 732. The molecule has 4 nitrogen and oxygen atoms in total. The number of aliphatic imine (C=N–C) groups is 1. The first-order valence-electron chi connectivity index (χ1n) is 7.70. The number of thiophene rings is 1. The second-order valence-corrected chi connectivity index (χ2v) is 7.22. The molecule has 2 aliphatic heterocycles. The Morgan fingerprint density at radius 3 is 2.65 bits per heavy atom. The number of fused-ring (bicyclic) bond motifs is 2. The van der Waals surface area contributed by atoms with Gasteiger partial charge < -0.3 is 15.1 Å². The van der Waals surface area contributed by atoms with Crippen molar-refractivity contribution in [3.05, 3.63) is 40.8 Å². The molecule has 6 heteroatoms. The summed E-state index contributed by atoms with van der Waals surface area (Å²) < 4.78 is 0. The third kappa shape index (κ3) is 3.25. The van der Waals surface area contributed by atoms with Gasteiger partial charge in [-0.1, -0.05) is 12.1 Å². The van der Waals surface area contributed by atoms with E-state index in [4.69, 9.17) is 4.99 Å². The molecule has 0 bridgehead atoms. The molecular formula is C17H21IN4S. The summed E-state index contributed by atoms with van der Waals surface area (Å²) in [6.07, 6.45) is 0. The van der Waals surface area contributed by atoms with E-state index in [-0.39, 0.29) is 24.0 Å². The molecule has 0 atom stereocenters. The topological polar surface area (TPSA) is 30.9 Å². The summed E-state index contributed by atoms with van der Waals surface area (Å²) in [5.74, 6) is 1.12. The maximum absolute atomic E-state index is 5.01. The number of anilines is 2. The highest BCUT2D eigenvalue weighted by molar-refractivity contribution is 14.0. The number of nitrogens with one attached hydrogen (secondary N) is 1. The molecule has 0 spiro atoms. The number of halogens is 1. The molecule has 1 fully saturated rings. The van der Waals surface area contributed by atoms with Gasteiger partial charge in [0.15, 0.2) is 0 Å². The molecule has 1 N–H and O–H groups in total. The Balaban J connectivity index is 0.00000156. The summed E-state index contributed by atoms with van der Waals surface area (Å²) >= 11 is 1.81. The van der Waals surface area contributed by atoms with Crippen molar-refractivity contribution in [3.63, 3.8) is 0 Å². The van der Waals surface area contributed by atoms with Gasteiger partial charge in [-0.05, 0) is 32.2 Å². The van der Waals surface area contributed by atoms with E-state index in [1.165, 1.54) is 15.4 Å². The fourth-order valence-electron chi connectivity index (χ4n) is 3.01. The van der Waals surface area contributed by atoms with Crippen molar-refractivity contribution < 1.29 is 0 Å². The van der Waals surface area contributed by atoms with Crippen LogP contribution in [0.4, 0.5) is 16.4 Å². The Morgan fingerprint density at radius 2 is 1.87 bits per heavy atom. The van der Waals surface area contributed by atoms with Crippen molar-refractivity contribution in [2.75, 3.05) is 38.5 Å². The van der Waals surface area contributed by atoms with Gasteiger partial charge in [0.2, 0.25) is 0 Å². The smallest absolute Gasteiger partial charge is 0.139 e. The minimum Gasteiger partial charge on any atom is -0.353 e. The van der Waals surface area contributed by atoms with Crippen LogP contribution in [0.2, 0.25) is 0 Å². The fraction of sp³-hybridized carbons (Fsp3) is 0.353. The molecule has 1 aromatic heterocycles. The summed E-state index contributed by atoms with van der Waals surface area (Å²) in [5.41, 5.74) is 3.36. The maximum Gasteiger partial charge on any atom is 0.139 e. The zero-order chi connectivity index (χ0) is 15.1. The van der Waals surface area contributed by atoms with Gasteiger partial charge in [-0.15, -0.1) is 35.3 Å². The zero-order valence-electron chi connectivity index (χ0n) is 13.4. The van der Waals surface area contributed by atoms with Crippen LogP contribution in [0, 0.1) is 6.92 Å². The lowest BCUT2D eigenvalue weighted by Gasteiger charge is -2.34. The first-order valence-corrected chi connectivity index (χ1v) is 8.51. The molecule has 0 radical (unpaired) electrons. The van der Waals surface area contributed by atoms with E-state index < -0.39 is 0 Å². The van der Waals surface area contributed by atoms with Crippen molar-refractivity contribution in [1.82, 2.24) is 9.80 Å². The van der Waals surface area contributed by atoms with Gasteiger partial charge in [0.05, 0.1) is 16.9 Å². The van der Waals surface area contributed by atoms with E-state index in [2.05, 4.69) is 59.4 Å². The lowest BCUT2D eigenvalue weighted by molar-refractivity contribution is 0.216. The van der Waals surface area contributed by atoms with Crippen LogP contribution in [-0.2, 0) is 0 Å². The van der Waals surface area contributed by atoms with Crippen molar-refractivity contribution in [2.24, 2.45) is 4.99 Å². The van der Waals surface area contributed by atoms with E-state index in [1.54, 1.807) is 11.3 Å². The maximum atomic E-state index is 5.01. The first-order chi connectivity index (χ1) is 10.7. The van der Waals surface area contributed by atoms with E-state index in [1.807, 2.05) is 0 Å². The Labute approximate surface area is 158 Å². The van der Waals surface area contributed by atoms with Gasteiger partial charge in [-0.25, -0.2) is 4.99 Å². The van der Waals surface area contributed by atoms with Gasteiger partial charge in [-0.3, -0.25) is 0 Å². The Kier molecular flexibility index (Phi) is 4.93.